The topological polar surface area (TPSA) is 43.1 Å². The molecule has 0 N–H and O–H groups in total. The van der Waals surface area contributed by atoms with Crippen LogP contribution in [-0.2, 0) is 5.75 Å². The first-order valence-corrected chi connectivity index (χ1v) is 7.41. The van der Waals surface area contributed by atoms with Gasteiger partial charge >= 0.3 is 0 Å². The van der Waals surface area contributed by atoms with E-state index in [1.165, 1.54) is 17.0 Å². The van der Waals surface area contributed by atoms with Gasteiger partial charge in [0.05, 0.1) is 4.92 Å². The zero-order chi connectivity index (χ0) is 12.3. The fourth-order valence-electron chi connectivity index (χ4n) is 1.25. The van der Waals surface area contributed by atoms with Gasteiger partial charge in [-0.05, 0) is 34.1 Å². The minimum atomic E-state index is -0.384. The standard InChI is InChI=1S/C11H8BrNO2S2/c12-8-5-11(16-6-8)7-17-10-3-1-9(2-4-10)13(14)15/h1-6H,7H2. The second-order valence-electron chi connectivity index (χ2n) is 3.27. The summed E-state index contributed by atoms with van der Waals surface area (Å²) in [6.45, 7) is 0. The molecule has 0 unspecified atom stereocenters. The molecule has 0 aliphatic rings. The molecule has 0 amide bonds. The first-order valence-electron chi connectivity index (χ1n) is 4.75. The number of nitro groups is 1. The van der Waals surface area contributed by atoms with Gasteiger partial charge in [-0.25, -0.2) is 0 Å². The Morgan fingerprint density at radius 3 is 2.59 bits per heavy atom. The number of thiophene rings is 1. The lowest BCUT2D eigenvalue weighted by Gasteiger charge is -1.99. The molecule has 1 heterocycles. The van der Waals surface area contributed by atoms with Crippen LogP contribution in [0.25, 0.3) is 0 Å². The number of hydrogen-bond acceptors (Lipinski definition) is 4. The van der Waals surface area contributed by atoms with Crippen molar-refractivity contribution in [2.45, 2.75) is 10.6 Å². The van der Waals surface area contributed by atoms with Crippen LogP contribution in [0.4, 0.5) is 5.69 Å². The summed E-state index contributed by atoms with van der Waals surface area (Å²) in [6, 6.07) is 8.72. The molecule has 1 aromatic heterocycles. The van der Waals surface area contributed by atoms with Crippen molar-refractivity contribution in [1.29, 1.82) is 0 Å². The molecule has 2 aromatic rings. The monoisotopic (exact) mass is 329 g/mol. The minimum Gasteiger partial charge on any atom is -0.258 e. The SMILES string of the molecule is O=[N+]([O-])c1ccc(SCc2cc(Br)cs2)cc1. The van der Waals surface area contributed by atoms with Crippen molar-refractivity contribution in [3.8, 4) is 0 Å². The van der Waals surface area contributed by atoms with Crippen LogP contribution < -0.4 is 0 Å². The lowest BCUT2D eigenvalue weighted by molar-refractivity contribution is -0.384. The van der Waals surface area contributed by atoms with Crippen molar-refractivity contribution in [2.24, 2.45) is 0 Å². The van der Waals surface area contributed by atoms with Gasteiger partial charge in [-0.2, -0.15) is 0 Å². The van der Waals surface area contributed by atoms with Gasteiger partial charge in [-0.3, -0.25) is 10.1 Å². The number of hydrogen-bond donors (Lipinski definition) is 0. The van der Waals surface area contributed by atoms with E-state index in [1.54, 1.807) is 35.2 Å². The third-order valence-corrected chi connectivity index (χ3v) is 4.99. The van der Waals surface area contributed by atoms with Crippen LogP contribution in [0.3, 0.4) is 0 Å². The van der Waals surface area contributed by atoms with Crippen molar-refractivity contribution in [2.75, 3.05) is 0 Å². The predicted octanol–water partition coefficient (Wildman–Crippen LogP) is 4.71. The van der Waals surface area contributed by atoms with Gasteiger partial charge in [0.1, 0.15) is 0 Å². The maximum Gasteiger partial charge on any atom is 0.269 e. The quantitative estimate of drug-likeness (QED) is 0.463. The van der Waals surface area contributed by atoms with E-state index in [0.29, 0.717) is 0 Å². The number of nitro benzene ring substituents is 1. The summed E-state index contributed by atoms with van der Waals surface area (Å²) in [7, 11) is 0. The highest BCUT2D eigenvalue weighted by Crippen LogP contribution is 2.28. The second kappa shape index (κ2) is 5.66. The second-order valence-corrected chi connectivity index (χ2v) is 6.23. The van der Waals surface area contributed by atoms with Crippen LogP contribution in [0.2, 0.25) is 0 Å². The number of benzene rings is 1. The molecule has 88 valence electrons. The molecule has 0 aliphatic carbocycles. The van der Waals surface area contributed by atoms with E-state index < -0.39 is 0 Å². The summed E-state index contributed by atoms with van der Waals surface area (Å²) >= 11 is 6.79. The molecule has 0 atom stereocenters. The normalized spacial score (nSPS) is 10.4. The molecule has 0 aliphatic heterocycles. The Hall–Kier alpha value is -0.850. The number of thioether (sulfide) groups is 1. The van der Waals surface area contributed by atoms with Gasteiger partial charge in [-0.15, -0.1) is 23.1 Å². The van der Waals surface area contributed by atoms with E-state index in [2.05, 4.69) is 22.0 Å². The Kier molecular flexibility index (Phi) is 4.20. The highest BCUT2D eigenvalue weighted by molar-refractivity contribution is 9.10. The fraction of sp³-hybridized carbons (Fsp3) is 0.0909. The zero-order valence-electron chi connectivity index (χ0n) is 8.63. The van der Waals surface area contributed by atoms with Crippen molar-refractivity contribution in [1.82, 2.24) is 0 Å². The smallest absolute Gasteiger partial charge is 0.258 e. The summed E-state index contributed by atoms with van der Waals surface area (Å²) in [5, 5.41) is 12.5. The largest absolute Gasteiger partial charge is 0.269 e. The van der Waals surface area contributed by atoms with Crippen LogP contribution in [0.1, 0.15) is 4.88 Å². The molecule has 1 aromatic carbocycles. The van der Waals surface area contributed by atoms with Crippen molar-refractivity contribution in [3.63, 3.8) is 0 Å². The zero-order valence-corrected chi connectivity index (χ0v) is 11.8. The van der Waals surface area contributed by atoms with Crippen LogP contribution in [-0.4, -0.2) is 4.92 Å². The molecule has 3 nitrogen and oxygen atoms in total. The average molecular weight is 330 g/mol. The van der Waals surface area contributed by atoms with Gasteiger partial charge < -0.3 is 0 Å². The van der Waals surface area contributed by atoms with E-state index in [-0.39, 0.29) is 10.6 Å². The van der Waals surface area contributed by atoms with Crippen molar-refractivity contribution < 1.29 is 4.92 Å². The molecular weight excluding hydrogens is 322 g/mol. The van der Waals surface area contributed by atoms with Crippen molar-refractivity contribution >= 4 is 44.7 Å². The summed E-state index contributed by atoms with van der Waals surface area (Å²) in [5.41, 5.74) is 0.133. The van der Waals surface area contributed by atoms with Gasteiger partial charge in [0.15, 0.2) is 0 Å². The first-order chi connectivity index (χ1) is 8.15. The molecule has 0 bridgehead atoms. The molecule has 0 saturated carbocycles. The molecule has 6 heteroatoms. The summed E-state index contributed by atoms with van der Waals surface area (Å²) in [6.07, 6.45) is 0. The molecule has 0 fully saturated rings. The Balaban J connectivity index is 1.97. The maximum atomic E-state index is 10.5. The number of non-ortho nitro benzene ring substituents is 1. The van der Waals surface area contributed by atoms with Gasteiger partial charge in [0, 0.05) is 37.5 Å². The molecule has 0 radical (unpaired) electrons. The minimum absolute atomic E-state index is 0.133. The van der Waals surface area contributed by atoms with Gasteiger partial charge in [0.2, 0.25) is 0 Å². The maximum absolute atomic E-state index is 10.5. The van der Waals surface area contributed by atoms with Crippen LogP contribution in [0.15, 0.2) is 45.1 Å². The highest BCUT2D eigenvalue weighted by Gasteiger charge is 2.04. The average Bonchev–Trinajstić information content (AvgIpc) is 2.73. The highest BCUT2D eigenvalue weighted by atomic mass is 79.9. The van der Waals surface area contributed by atoms with Gasteiger partial charge in [-0.1, -0.05) is 0 Å². The van der Waals surface area contributed by atoms with E-state index in [9.17, 15) is 10.1 Å². The van der Waals surface area contributed by atoms with Gasteiger partial charge in [0.25, 0.3) is 5.69 Å². The molecule has 17 heavy (non-hydrogen) atoms. The predicted molar refractivity (Wildman–Crippen MR) is 74.7 cm³/mol. The number of rotatable bonds is 4. The molecule has 0 spiro atoms. The van der Waals surface area contributed by atoms with E-state index in [1.807, 2.05) is 5.38 Å². The Bertz CT molecular complexity index is 525. The lowest BCUT2D eigenvalue weighted by atomic mass is 10.3. The van der Waals surface area contributed by atoms with E-state index in [4.69, 9.17) is 0 Å². The van der Waals surface area contributed by atoms with Crippen LogP contribution in [0, 0.1) is 10.1 Å². The Morgan fingerprint density at radius 1 is 1.35 bits per heavy atom. The molecule has 2 rings (SSSR count). The molecule has 0 saturated heterocycles. The summed E-state index contributed by atoms with van der Waals surface area (Å²) in [5.74, 6) is 0.883. The van der Waals surface area contributed by atoms with Crippen LogP contribution in [0.5, 0.6) is 0 Å². The van der Waals surface area contributed by atoms with E-state index >= 15 is 0 Å². The third kappa shape index (κ3) is 3.55. The third-order valence-electron chi connectivity index (χ3n) is 2.05. The summed E-state index contributed by atoms with van der Waals surface area (Å²) < 4.78 is 1.10. The lowest BCUT2D eigenvalue weighted by Crippen LogP contribution is -1.86. The Morgan fingerprint density at radius 2 is 2.06 bits per heavy atom. The summed E-state index contributed by atoms with van der Waals surface area (Å²) in [4.78, 5) is 12.4. The van der Waals surface area contributed by atoms with E-state index in [0.717, 1.165) is 15.1 Å². The fourth-order valence-corrected chi connectivity index (χ4v) is 3.65. The number of nitrogens with zero attached hydrogens (tertiary/aromatic N) is 1. The van der Waals surface area contributed by atoms with Crippen molar-refractivity contribution in [3.05, 3.63) is 55.2 Å². The number of halogens is 1. The van der Waals surface area contributed by atoms with Crippen LogP contribution >= 0.6 is 39.0 Å². The Labute approximate surface area is 115 Å². The molecular formula is C11H8BrNO2S2. The first kappa shape index (κ1) is 12.6.